The molecule has 2 aromatic carbocycles. The lowest BCUT2D eigenvalue weighted by Gasteiger charge is -2.32. The van der Waals surface area contributed by atoms with Crippen LogP contribution in [0.1, 0.15) is 54.5 Å². The first-order valence-corrected chi connectivity index (χ1v) is 10.7. The topological polar surface area (TPSA) is 41.6 Å². The number of ether oxygens (including phenoxy) is 1. The molecule has 0 aliphatic carbocycles. The number of likely N-dealkylation sites (tertiary alicyclic amines) is 1. The number of carbonyl (C=O) groups excluding carboxylic acids is 1. The Morgan fingerprint density at radius 2 is 1.86 bits per heavy atom. The first-order valence-electron chi connectivity index (χ1n) is 10.7. The lowest BCUT2D eigenvalue weighted by Crippen LogP contribution is -2.41. The molecule has 1 saturated heterocycles. The third-order valence-corrected chi connectivity index (χ3v) is 6.16. The predicted octanol–water partition coefficient (Wildman–Crippen LogP) is 4.79. The molecule has 1 atom stereocenters. The molecule has 1 fully saturated rings. The van der Waals surface area contributed by atoms with Crippen LogP contribution in [-0.2, 0) is 11.3 Å². The van der Waals surface area contributed by atoms with E-state index in [0.717, 1.165) is 55.8 Å². The lowest BCUT2D eigenvalue weighted by molar-refractivity contribution is -0.127. The highest BCUT2D eigenvalue weighted by atomic mass is 16.5. The monoisotopic (exact) mass is 394 g/mol. The molecule has 0 saturated carbocycles. The molecule has 156 valence electrons. The second-order valence-electron chi connectivity index (χ2n) is 8.18. The number of hydrogen-bond donors (Lipinski definition) is 1. The van der Waals surface area contributed by atoms with Gasteiger partial charge in [-0.25, -0.2) is 0 Å². The summed E-state index contributed by atoms with van der Waals surface area (Å²) in [5, 5.41) is 3.29. The van der Waals surface area contributed by atoms with Gasteiger partial charge < -0.3 is 10.1 Å². The largest absolute Gasteiger partial charge is 0.496 e. The number of piperidine rings is 1. The maximum absolute atomic E-state index is 12.9. The van der Waals surface area contributed by atoms with E-state index in [4.69, 9.17) is 4.74 Å². The number of hydrogen-bond acceptors (Lipinski definition) is 3. The summed E-state index contributed by atoms with van der Waals surface area (Å²) in [6, 6.07) is 14.8. The Labute approximate surface area is 175 Å². The predicted molar refractivity (Wildman–Crippen MR) is 118 cm³/mol. The quantitative estimate of drug-likeness (QED) is 0.734. The number of nitrogens with zero attached hydrogens (tertiary/aromatic N) is 1. The van der Waals surface area contributed by atoms with Crippen molar-refractivity contribution < 1.29 is 9.53 Å². The molecular weight excluding hydrogens is 360 g/mol. The fraction of sp³-hybridized carbons (Fsp3) is 0.480. The van der Waals surface area contributed by atoms with E-state index in [1.807, 2.05) is 13.0 Å². The van der Waals surface area contributed by atoms with Crippen LogP contribution in [0.4, 0.5) is 0 Å². The molecule has 3 rings (SSSR count). The maximum Gasteiger partial charge on any atom is 0.223 e. The Morgan fingerprint density at radius 1 is 1.14 bits per heavy atom. The average Bonchev–Trinajstić information content (AvgIpc) is 2.74. The zero-order chi connectivity index (χ0) is 20.8. The molecule has 0 bridgehead atoms. The lowest BCUT2D eigenvalue weighted by atomic mass is 9.94. The van der Waals surface area contributed by atoms with E-state index >= 15 is 0 Å². The van der Waals surface area contributed by atoms with Gasteiger partial charge in [0.05, 0.1) is 13.2 Å². The van der Waals surface area contributed by atoms with Crippen LogP contribution in [0, 0.1) is 19.8 Å². The van der Waals surface area contributed by atoms with Gasteiger partial charge in [0.15, 0.2) is 0 Å². The van der Waals surface area contributed by atoms with Gasteiger partial charge in [0.1, 0.15) is 5.75 Å². The summed E-state index contributed by atoms with van der Waals surface area (Å²) in [5.74, 6) is 1.19. The first-order chi connectivity index (χ1) is 14.0. The van der Waals surface area contributed by atoms with Gasteiger partial charge in [0, 0.05) is 12.5 Å². The summed E-state index contributed by atoms with van der Waals surface area (Å²) in [7, 11) is 1.69. The van der Waals surface area contributed by atoms with E-state index in [9.17, 15) is 4.79 Å². The maximum atomic E-state index is 12.9. The van der Waals surface area contributed by atoms with Gasteiger partial charge >= 0.3 is 0 Å². The van der Waals surface area contributed by atoms with Crippen molar-refractivity contribution in [3.63, 3.8) is 0 Å². The van der Waals surface area contributed by atoms with Crippen molar-refractivity contribution in [3.05, 3.63) is 64.7 Å². The highest BCUT2D eigenvalue weighted by Gasteiger charge is 2.26. The van der Waals surface area contributed by atoms with Crippen LogP contribution in [-0.4, -0.2) is 31.0 Å². The van der Waals surface area contributed by atoms with E-state index < -0.39 is 0 Å². The van der Waals surface area contributed by atoms with Gasteiger partial charge in [-0.15, -0.1) is 0 Å². The van der Waals surface area contributed by atoms with E-state index in [-0.39, 0.29) is 17.9 Å². The number of rotatable bonds is 7. The van der Waals surface area contributed by atoms with E-state index in [1.165, 1.54) is 11.1 Å². The summed E-state index contributed by atoms with van der Waals surface area (Å²) in [6.07, 6.45) is 2.73. The second kappa shape index (κ2) is 9.93. The molecule has 0 radical (unpaired) electrons. The smallest absolute Gasteiger partial charge is 0.223 e. The van der Waals surface area contributed by atoms with Crippen molar-refractivity contribution in [2.75, 3.05) is 20.2 Å². The summed E-state index contributed by atoms with van der Waals surface area (Å²) < 4.78 is 5.36. The third kappa shape index (κ3) is 5.39. The first kappa shape index (κ1) is 21.4. The van der Waals surface area contributed by atoms with Gasteiger partial charge in [-0.1, -0.05) is 43.3 Å². The van der Waals surface area contributed by atoms with Crippen LogP contribution in [0.3, 0.4) is 0 Å². The fourth-order valence-electron chi connectivity index (χ4n) is 4.21. The minimum Gasteiger partial charge on any atom is -0.496 e. The number of methoxy groups -OCH3 is 1. The molecule has 1 unspecified atom stereocenters. The highest BCUT2D eigenvalue weighted by Crippen LogP contribution is 2.26. The molecule has 4 nitrogen and oxygen atoms in total. The molecule has 1 N–H and O–H groups in total. The fourth-order valence-corrected chi connectivity index (χ4v) is 4.21. The van der Waals surface area contributed by atoms with Crippen LogP contribution in [0.5, 0.6) is 5.75 Å². The summed E-state index contributed by atoms with van der Waals surface area (Å²) in [4.78, 5) is 15.4. The number of amides is 1. The number of nitrogens with one attached hydrogen (secondary N) is 1. The van der Waals surface area contributed by atoms with E-state index in [0.29, 0.717) is 0 Å². The van der Waals surface area contributed by atoms with E-state index in [1.54, 1.807) is 7.11 Å². The van der Waals surface area contributed by atoms with Crippen molar-refractivity contribution in [2.24, 2.45) is 5.92 Å². The van der Waals surface area contributed by atoms with Gasteiger partial charge in [0.25, 0.3) is 0 Å². The number of carbonyl (C=O) groups is 1. The molecule has 1 aliphatic rings. The molecule has 2 aromatic rings. The zero-order valence-electron chi connectivity index (χ0n) is 18.2. The van der Waals surface area contributed by atoms with Crippen LogP contribution < -0.4 is 10.1 Å². The highest BCUT2D eigenvalue weighted by molar-refractivity contribution is 5.79. The minimum absolute atomic E-state index is 0.0529. The number of aryl methyl sites for hydroxylation is 2. The molecule has 4 heteroatoms. The molecule has 1 amide bonds. The Morgan fingerprint density at radius 3 is 2.48 bits per heavy atom. The van der Waals surface area contributed by atoms with Gasteiger partial charge in [-0.05, 0) is 74.5 Å². The SMILES string of the molecule is CCC(NC(=O)C1CCN(Cc2ccccc2C)CC1)c1ccc(OC)c(C)c1. The van der Waals surface area contributed by atoms with E-state index in [2.05, 4.69) is 60.5 Å². The van der Waals surface area contributed by atoms with Crippen molar-refractivity contribution in [2.45, 2.75) is 52.6 Å². The normalized spacial score (nSPS) is 16.4. The minimum atomic E-state index is 0.0529. The second-order valence-corrected chi connectivity index (χ2v) is 8.18. The van der Waals surface area contributed by atoms with Crippen molar-refractivity contribution in [3.8, 4) is 5.75 Å². The summed E-state index contributed by atoms with van der Waals surface area (Å²) in [5.41, 5.74) is 4.97. The standard InChI is InChI=1S/C25H34N2O2/c1-5-23(21-10-11-24(29-4)19(3)16-21)26-25(28)20-12-14-27(15-13-20)17-22-9-7-6-8-18(22)2/h6-11,16,20,23H,5,12-15,17H2,1-4H3,(H,26,28). The van der Waals surface area contributed by atoms with Crippen molar-refractivity contribution >= 4 is 5.91 Å². The Kier molecular flexibility index (Phi) is 7.32. The third-order valence-electron chi connectivity index (χ3n) is 6.16. The molecule has 1 aliphatic heterocycles. The van der Waals surface area contributed by atoms with Crippen LogP contribution in [0.25, 0.3) is 0 Å². The summed E-state index contributed by atoms with van der Waals surface area (Å²) >= 11 is 0. The molecule has 0 spiro atoms. The van der Waals surface area contributed by atoms with Gasteiger partial charge in [-0.2, -0.15) is 0 Å². The Bertz CT molecular complexity index is 825. The Hall–Kier alpha value is -2.33. The summed E-state index contributed by atoms with van der Waals surface area (Å²) in [6.45, 7) is 9.26. The zero-order valence-corrected chi connectivity index (χ0v) is 18.2. The molecular formula is C25H34N2O2. The van der Waals surface area contributed by atoms with Crippen LogP contribution in [0.15, 0.2) is 42.5 Å². The Balaban J connectivity index is 1.54. The van der Waals surface area contributed by atoms with Crippen molar-refractivity contribution in [1.82, 2.24) is 10.2 Å². The number of benzene rings is 2. The van der Waals surface area contributed by atoms with Crippen LogP contribution >= 0.6 is 0 Å². The van der Waals surface area contributed by atoms with Crippen LogP contribution in [0.2, 0.25) is 0 Å². The average molecular weight is 395 g/mol. The van der Waals surface area contributed by atoms with Gasteiger partial charge in [0.2, 0.25) is 5.91 Å². The van der Waals surface area contributed by atoms with Gasteiger partial charge in [-0.3, -0.25) is 9.69 Å². The van der Waals surface area contributed by atoms with Crippen molar-refractivity contribution in [1.29, 1.82) is 0 Å². The molecule has 29 heavy (non-hydrogen) atoms. The molecule has 0 aromatic heterocycles. The molecule has 1 heterocycles.